The van der Waals surface area contributed by atoms with Crippen molar-refractivity contribution in [1.82, 2.24) is 29.4 Å². The van der Waals surface area contributed by atoms with Crippen LogP contribution in [0.5, 0.6) is 0 Å². The van der Waals surface area contributed by atoms with Gasteiger partial charge in [0.2, 0.25) is 5.91 Å². The SMILES string of the molecule is CC.CC(C)N1CCC(N2CCCC2=O)C1.CC(C)N1CCC(N2CCN(C)C2=O)C1.CC1CCCN(C(C)C)C1. The Morgan fingerprint density at radius 1 is 0.610 bits per heavy atom. The van der Waals surface area contributed by atoms with Gasteiger partial charge in [0.05, 0.1) is 0 Å². The Labute approximate surface area is 253 Å². The number of likely N-dealkylation sites (N-methyl/N-ethyl adjacent to an activating group) is 1. The lowest BCUT2D eigenvalue weighted by Crippen LogP contribution is -2.41. The zero-order valence-electron chi connectivity index (χ0n) is 28.6. The highest BCUT2D eigenvalue weighted by molar-refractivity contribution is 5.78. The Bertz CT molecular complexity index is 775. The lowest BCUT2D eigenvalue weighted by Gasteiger charge is -2.33. The van der Waals surface area contributed by atoms with Gasteiger partial charge in [0, 0.05) is 96.0 Å². The van der Waals surface area contributed by atoms with Gasteiger partial charge in [-0.3, -0.25) is 14.6 Å². The minimum Gasteiger partial charge on any atom is -0.338 e. The van der Waals surface area contributed by atoms with Crippen LogP contribution in [0.3, 0.4) is 0 Å². The highest BCUT2D eigenvalue weighted by Gasteiger charge is 2.36. The monoisotopic (exact) mass is 579 g/mol. The second-order valence-corrected chi connectivity index (χ2v) is 13.5. The van der Waals surface area contributed by atoms with E-state index >= 15 is 0 Å². The molecule has 0 aromatic carbocycles. The van der Waals surface area contributed by atoms with E-state index in [1.165, 1.54) is 32.4 Å². The number of likely N-dealkylation sites (tertiary alicyclic amines) is 4. The molecule has 0 aliphatic carbocycles. The van der Waals surface area contributed by atoms with Gasteiger partial charge in [0.15, 0.2) is 0 Å². The van der Waals surface area contributed by atoms with Gasteiger partial charge in [0.25, 0.3) is 0 Å². The maximum absolute atomic E-state index is 11.8. The molecule has 8 nitrogen and oxygen atoms in total. The maximum Gasteiger partial charge on any atom is 0.320 e. The fourth-order valence-corrected chi connectivity index (χ4v) is 6.74. The first-order valence-electron chi connectivity index (χ1n) is 17.0. The van der Waals surface area contributed by atoms with Crippen LogP contribution in [0.2, 0.25) is 0 Å². The molecule has 41 heavy (non-hydrogen) atoms. The molecular formula is C33H66N6O2. The molecule has 240 valence electrons. The third-order valence-corrected chi connectivity index (χ3v) is 9.51. The molecule has 5 saturated heterocycles. The number of nitrogens with zero attached hydrogens (tertiary/aromatic N) is 6. The molecule has 5 fully saturated rings. The average Bonchev–Trinajstić information content (AvgIpc) is 3.75. The van der Waals surface area contributed by atoms with Crippen LogP contribution in [0.25, 0.3) is 0 Å². The van der Waals surface area contributed by atoms with Crippen molar-refractivity contribution in [1.29, 1.82) is 0 Å². The van der Waals surface area contributed by atoms with Gasteiger partial charge in [-0.05, 0) is 86.1 Å². The minimum absolute atomic E-state index is 0.214. The summed E-state index contributed by atoms with van der Waals surface area (Å²) in [6.45, 7) is 29.7. The number of amides is 3. The number of piperidine rings is 1. The molecule has 0 N–H and O–H groups in total. The Balaban J connectivity index is 0.000000213. The first-order valence-corrected chi connectivity index (χ1v) is 17.0. The number of hydrogen-bond acceptors (Lipinski definition) is 5. The molecule has 5 heterocycles. The van der Waals surface area contributed by atoms with E-state index in [1.807, 2.05) is 30.7 Å². The molecule has 0 radical (unpaired) electrons. The molecule has 3 amide bonds. The van der Waals surface area contributed by atoms with Gasteiger partial charge in [-0.2, -0.15) is 0 Å². The van der Waals surface area contributed by atoms with Gasteiger partial charge < -0.3 is 19.6 Å². The van der Waals surface area contributed by atoms with Crippen molar-refractivity contribution in [3.8, 4) is 0 Å². The van der Waals surface area contributed by atoms with E-state index in [-0.39, 0.29) is 6.03 Å². The van der Waals surface area contributed by atoms with Crippen LogP contribution >= 0.6 is 0 Å². The molecule has 0 saturated carbocycles. The first kappa shape index (κ1) is 35.8. The molecule has 8 heteroatoms. The lowest BCUT2D eigenvalue weighted by atomic mass is 9.99. The summed E-state index contributed by atoms with van der Waals surface area (Å²) >= 11 is 0. The fourth-order valence-electron chi connectivity index (χ4n) is 6.74. The first-order chi connectivity index (χ1) is 19.5. The van der Waals surface area contributed by atoms with Crippen molar-refractivity contribution in [3.63, 3.8) is 0 Å². The molecule has 5 aliphatic rings. The highest BCUT2D eigenvalue weighted by Crippen LogP contribution is 2.23. The van der Waals surface area contributed by atoms with Crippen molar-refractivity contribution in [3.05, 3.63) is 0 Å². The average molecular weight is 579 g/mol. The van der Waals surface area contributed by atoms with Gasteiger partial charge in [-0.15, -0.1) is 0 Å². The van der Waals surface area contributed by atoms with Crippen LogP contribution in [0, 0.1) is 5.92 Å². The zero-order valence-corrected chi connectivity index (χ0v) is 28.6. The van der Waals surface area contributed by atoms with E-state index in [0.717, 1.165) is 77.0 Å². The molecular weight excluding hydrogens is 512 g/mol. The summed E-state index contributed by atoms with van der Waals surface area (Å²) < 4.78 is 0. The van der Waals surface area contributed by atoms with Crippen LogP contribution in [-0.4, -0.2) is 137 Å². The summed E-state index contributed by atoms with van der Waals surface area (Å²) in [5.74, 6) is 1.30. The van der Waals surface area contributed by atoms with E-state index in [0.29, 0.717) is 30.1 Å². The van der Waals surface area contributed by atoms with Crippen LogP contribution in [-0.2, 0) is 4.79 Å². The summed E-state index contributed by atoms with van der Waals surface area (Å²) in [7, 11) is 1.89. The van der Waals surface area contributed by atoms with E-state index < -0.39 is 0 Å². The van der Waals surface area contributed by atoms with E-state index in [4.69, 9.17) is 0 Å². The molecule has 5 rings (SSSR count). The van der Waals surface area contributed by atoms with Crippen LogP contribution in [0.4, 0.5) is 4.79 Å². The predicted molar refractivity (Wildman–Crippen MR) is 172 cm³/mol. The number of urea groups is 1. The van der Waals surface area contributed by atoms with Gasteiger partial charge in [0.1, 0.15) is 0 Å². The standard InChI is InChI=1S/C11H21N3O.C11H20N2O.C9H19N.C2H6/c1-9(2)13-5-4-10(8-13)14-7-6-12(3)11(14)15;1-9(2)12-7-5-10(8-12)13-6-3-4-11(13)14;1-8(2)10-6-4-5-9(3)7-10;1-2/h9-10H,4-8H2,1-3H3;9-10H,3-8H2,1-2H3;8-9H,4-7H2,1-3H3;1-2H3. The van der Waals surface area contributed by atoms with Crippen molar-refractivity contribution >= 4 is 11.9 Å². The topological polar surface area (TPSA) is 53.6 Å². The largest absolute Gasteiger partial charge is 0.338 e. The minimum atomic E-state index is 0.214. The molecule has 3 unspecified atom stereocenters. The van der Waals surface area contributed by atoms with E-state index in [9.17, 15) is 9.59 Å². The summed E-state index contributed by atoms with van der Waals surface area (Å²) in [5.41, 5.74) is 0. The molecule has 0 aromatic rings. The second-order valence-electron chi connectivity index (χ2n) is 13.5. The lowest BCUT2D eigenvalue weighted by molar-refractivity contribution is -0.129. The van der Waals surface area contributed by atoms with Crippen LogP contribution in [0.1, 0.15) is 101 Å². The number of hydrogen-bond donors (Lipinski definition) is 0. The highest BCUT2D eigenvalue weighted by atomic mass is 16.2. The Hall–Kier alpha value is -1.38. The van der Waals surface area contributed by atoms with Crippen LogP contribution in [0.15, 0.2) is 0 Å². The number of carbonyl (C=O) groups is 2. The molecule has 0 bridgehead atoms. The van der Waals surface area contributed by atoms with Crippen molar-refractivity contribution in [2.24, 2.45) is 5.92 Å². The summed E-state index contributed by atoms with van der Waals surface area (Å²) in [4.78, 5) is 36.8. The second kappa shape index (κ2) is 17.7. The molecule has 5 aliphatic heterocycles. The van der Waals surface area contributed by atoms with E-state index in [1.54, 1.807) is 0 Å². The van der Waals surface area contributed by atoms with E-state index in [2.05, 4.69) is 68.1 Å². The smallest absolute Gasteiger partial charge is 0.320 e. The quantitative estimate of drug-likeness (QED) is 0.456. The van der Waals surface area contributed by atoms with Crippen molar-refractivity contribution in [2.45, 2.75) is 131 Å². The third kappa shape index (κ3) is 10.7. The zero-order chi connectivity index (χ0) is 30.7. The van der Waals surface area contributed by atoms with Crippen molar-refractivity contribution in [2.75, 3.05) is 66.0 Å². The van der Waals surface area contributed by atoms with Crippen LogP contribution < -0.4 is 0 Å². The normalized spacial score (nSPS) is 27.8. The number of carbonyl (C=O) groups excluding carboxylic acids is 2. The Kier molecular flexibility index (Phi) is 15.4. The summed E-state index contributed by atoms with van der Waals surface area (Å²) in [5, 5.41) is 0. The molecule has 3 atom stereocenters. The summed E-state index contributed by atoms with van der Waals surface area (Å²) in [6, 6.07) is 3.15. The maximum atomic E-state index is 11.8. The number of rotatable bonds is 5. The summed E-state index contributed by atoms with van der Waals surface area (Å²) in [6.07, 6.45) is 6.99. The fraction of sp³-hybridized carbons (Fsp3) is 0.939. The Morgan fingerprint density at radius 2 is 1.12 bits per heavy atom. The van der Waals surface area contributed by atoms with Gasteiger partial charge >= 0.3 is 6.03 Å². The molecule has 0 aromatic heterocycles. The Morgan fingerprint density at radius 3 is 1.49 bits per heavy atom. The molecule has 0 spiro atoms. The third-order valence-electron chi connectivity index (χ3n) is 9.51. The van der Waals surface area contributed by atoms with Gasteiger partial charge in [-0.25, -0.2) is 4.79 Å². The predicted octanol–water partition coefficient (Wildman–Crippen LogP) is 5.08. The van der Waals surface area contributed by atoms with Gasteiger partial charge in [-0.1, -0.05) is 20.8 Å². The van der Waals surface area contributed by atoms with Crippen molar-refractivity contribution < 1.29 is 9.59 Å².